The molecule has 6 rings (SSSR count). The number of benzene rings is 4. The van der Waals surface area contributed by atoms with Crippen LogP contribution in [0.4, 0.5) is 11.4 Å². The van der Waals surface area contributed by atoms with Crippen LogP contribution in [0.2, 0.25) is 0 Å². The number of unbranched alkanes of at least 4 members (excludes halogenated alkanes) is 2. The number of aliphatic hydroxyl groups excluding tert-OH is 2. The topological polar surface area (TPSA) is 146 Å². The Balaban J connectivity index is 1.02. The Morgan fingerprint density at radius 2 is 1.56 bits per heavy atom. The van der Waals surface area contributed by atoms with E-state index in [1.54, 1.807) is 12.1 Å². The number of rotatable bonds is 15. The van der Waals surface area contributed by atoms with Crippen molar-refractivity contribution in [2.24, 2.45) is 0 Å². The van der Waals surface area contributed by atoms with E-state index in [4.69, 9.17) is 15.2 Å². The smallest absolute Gasteiger partial charge is 0.224 e. The molecule has 2 amide bonds. The molecule has 2 fully saturated rings. The van der Waals surface area contributed by atoms with Gasteiger partial charge in [-0.25, -0.2) is 0 Å². The molecule has 274 valence electrons. The normalized spacial score (nSPS) is 20.4. The van der Waals surface area contributed by atoms with Gasteiger partial charge >= 0.3 is 0 Å². The highest BCUT2D eigenvalue weighted by atomic mass is 16.7. The number of para-hydroxylation sites is 2. The summed E-state index contributed by atoms with van der Waals surface area (Å²) >= 11 is 0. The molecule has 52 heavy (non-hydrogen) atoms. The highest BCUT2D eigenvalue weighted by Gasteiger charge is 2.34. The van der Waals surface area contributed by atoms with E-state index in [0.29, 0.717) is 56.6 Å². The standard InChI is InChI=1S/C42H50N4O6/c43-37-12-4-5-13-38(37)45-41(50)15-3-1-2-14-40(49)44-25-30-8-6-9-32(22-30)33-10-7-11-34(23-33)42-51-36(27-46-21-20-35(48)26-46)24-39(52-42)31-18-16-29(28-47)17-19-31/h4-13,16-19,22-23,35-36,39,42,47-48H,1-3,14-15,20-21,24-28,43H2,(H,44,49)(H,45,50). The van der Waals surface area contributed by atoms with Crippen LogP contribution in [-0.4, -0.2) is 58.8 Å². The van der Waals surface area contributed by atoms with Crippen molar-refractivity contribution in [1.82, 2.24) is 10.2 Å². The van der Waals surface area contributed by atoms with Gasteiger partial charge in [-0.05, 0) is 71.3 Å². The van der Waals surface area contributed by atoms with Gasteiger partial charge in [-0.3, -0.25) is 14.5 Å². The summed E-state index contributed by atoms with van der Waals surface area (Å²) in [5.74, 6) is -0.0943. The minimum absolute atomic E-state index is 0.00657. The number of aliphatic hydroxyl groups is 2. The zero-order chi connectivity index (χ0) is 36.3. The molecule has 0 saturated carbocycles. The molecule has 10 nitrogen and oxygen atoms in total. The number of carbonyl (C=O) groups excluding carboxylic acids is 2. The first-order valence-corrected chi connectivity index (χ1v) is 18.3. The van der Waals surface area contributed by atoms with Crippen molar-refractivity contribution >= 4 is 23.2 Å². The maximum Gasteiger partial charge on any atom is 0.224 e. The number of hydrogen-bond acceptors (Lipinski definition) is 8. The monoisotopic (exact) mass is 706 g/mol. The fourth-order valence-corrected chi connectivity index (χ4v) is 6.89. The van der Waals surface area contributed by atoms with Gasteiger partial charge in [0.2, 0.25) is 11.8 Å². The Labute approximate surface area is 305 Å². The molecule has 2 saturated heterocycles. The minimum Gasteiger partial charge on any atom is -0.397 e. The number of hydrogen-bond donors (Lipinski definition) is 5. The Bertz CT molecular complexity index is 1780. The molecule has 4 unspecified atom stereocenters. The largest absolute Gasteiger partial charge is 0.397 e. The predicted molar refractivity (Wildman–Crippen MR) is 202 cm³/mol. The molecule has 10 heteroatoms. The number of β-amino-alcohol motifs (C(OH)–C–C–N with tert-alkyl or cyclic N) is 1. The molecule has 4 atom stereocenters. The Morgan fingerprint density at radius 3 is 2.31 bits per heavy atom. The zero-order valence-corrected chi connectivity index (χ0v) is 29.6. The highest BCUT2D eigenvalue weighted by Crippen LogP contribution is 2.39. The average molecular weight is 707 g/mol. The molecule has 0 bridgehead atoms. The summed E-state index contributed by atoms with van der Waals surface area (Å²) < 4.78 is 13.2. The van der Waals surface area contributed by atoms with E-state index in [0.717, 1.165) is 59.3 Å². The van der Waals surface area contributed by atoms with Gasteiger partial charge in [-0.1, -0.05) is 79.2 Å². The summed E-state index contributed by atoms with van der Waals surface area (Å²) in [6.07, 6.45) is 3.31. The lowest BCUT2D eigenvalue weighted by molar-refractivity contribution is -0.252. The zero-order valence-electron chi connectivity index (χ0n) is 29.6. The maximum absolute atomic E-state index is 12.6. The van der Waals surface area contributed by atoms with E-state index < -0.39 is 6.29 Å². The van der Waals surface area contributed by atoms with Crippen molar-refractivity contribution in [3.8, 4) is 11.1 Å². The van der Waals surface area contributed by atoms with Crippen LogP contribution in [-0.2, 0) is 32.2 Å². The van der Waals surface area contributed by atoms with Gasteiger partial charge in [0.05, 0.1) is 36.3 Å². The van der Waals surface area contributed by atoms with Crippen molar-refractivity contribution in [3.05, 3.63) is 119 Å². The van der Waals surface area contributed by atoms with Gasteiger partial charge in [-0.15, -0.1) is 0 Å². The van der Waals surface area contributed by atoms with Gasteiger partial charge in [0.15, 0.2) is 6.29 Å². The number of ether oxygens (including phenoxy) is 2. The quantitative estimate of drug-likeness (QED) is 0.0721. The number of carbonyl (C=O) groups is 2. The molecule has 0 aliphatic carbocycles. The molecular weight excluding hydrogens is 656 g/mol. The summed E-state index contributed by atoms with van der Waals surface area (Å²) in [7, 11) is 0. The lowest BCUT2D eigenvalue weighted by atomic mass is 9.98. The summed E-state index contributed by atoms with van der Waals surface area (Å²) in [5, 5.41) is 25.5. The van der Waals surface area contributed by atoms with Crippen molar-refractivity contribution in [1.29, 1.82) is 0 Å². The number of anilines is 2. The van der Waals surface area contributed by atoms with Gasteiger partial charge in [-0.2, -0.15) is 0 Å². The first kappa shape index (κ1) is 37.2. The van der Waals surface area contributed by atoms with Crippen LogP contribution in [0.15, 0.2) is 97.1 Å². The number of nitrogens with one attached hydrogen (secondary N) is 2. The van der Waals surface area contributed by atoms with Crippen molar-refractivity contribution in [2.45, 2.75) is 82.7 Å². The SMILES string of the molecule is Nc1ccccc1NC(=O)CCCCCC(=O)NCc1cccc(-c2cccc(C3OC(CN4CCC(O)C4)CC(c4ccc(CO)cc4)O3)c2)c1. The molecule has 2 aliphatic rings. The number of likely N-dealkylation sites (tertiary alicyclic amines) is 1. The van der Waals surface area contributed by atoms with E-state index in [1.807, 2.05) is 60.7 Å². The maximum atomic E-state index is 12.6. The van der Waals surface area contributed by atoms with Crippen LogP contribution in [0.5, 0.6) is 0 Å². The van der Waals surface area contributed by atoms with Gasteiger partial charge in [0.25, 0.3) is 0 Å². The van der Waals surface area contributed by atoms with Crippen LogP contribution in [0.3, 0.4) is 0 Å². The van der Waals surface area contributed by atoms with Gasteiger partial charge in [0.1, 0.15) is 0 Å². The lowest BCUT2D eigenvalue weighted by Crippen LogP contribution is -2.38. The van der Waals surface area contributed by atoms with Crippen LogP contribution >= 0.6 is 0 Å². The first-order chi connectivity index (χ1) is 25.3. The number of nitrogens with two attached hydrogens (primary N) is 1. The molecule has 0 radical (unpaired) electrons. The van der Waals surface area contributed by atoms with E-state index in [1.165, 1.54) is 0 Å². The fraction of sp³-hybridized carbons (Fsp3) is 0.381. The van der Waals surface area contributed by atoms with Crippen LogP contribution in [0.25, 0.3) is 11.1 Å². The molecule has 0 spiro atoms. The van der Waals surface area contributed by atoms with E-state index in [9.17, 15) is 19.8 Å². The Morgan fingerprint density at radius 1 is 0.808 bits per heavy atom. The molecule has 4 aromatic rings. The lowest BCUT2D eigenvalue weighted by Gasteiger charge is -2.38. The van der Waals surface area contributed by atoms with E-state index in [2.05, 4.69) is 39.8 Å². The Kier molecular flexibility index (Phi) is 13.1. The molecule has 4 aromatic carbocycles. The second-order valence-corrected chi connectivity index (χ2v) is 13.9. The third-order valence-corrected chi connectivity index (χ3v) is 9.78. The highest BCUT2D eigenvalue weighted by molar-refractivity contribution is 5.93. The minimum atomic E-state index is -0.576. The van der Waals surface area contributed by atoms with Gasteiger partial charge in [0, 0.05) is 51.0 Å². The van der Waals surface area contributed by atoms with Crippen molar-refractivity contribution in [2.75, 3.05) is 30.7 Å². The molecular formula is C42H50N4O6. The van der Waals surface area contributed by atoms with E-state index in [-0.39, 0.29) is 36.7 Å². The second kappa shape index (κ2) is 18.3. The average Bonchev–Trinajstić information content (AvgIpc) is 3.58. The molecule has 2 heterocycles. The summed E-state index contributed by atoms with van der Waals surface area (Å²) in [4.78, 5) is 27.1. The first-order valence-electron chi connectivity index (χ1n) is 18.3. The molecule has 2 aliphatic heterocycles. The van der Waals surface area contributed by atoms with Crippen molar-refractivity contribution < 1.29 is 29.3 Å². The number of amides is 2. The summed E-state index contributed by atoms with van der Waals surface area (Å²) in [5.41, 5.74) is 12.9. The molecule has 6 N–H and O–H groups in total. The predicted octanol–water partition coefficient (Wildman–Crippen LogP) is 6.25. The van der Waals surface area contributed by atoms with Crippen molar-refractivity contribution in [3.63, 3.8) is 0 Å². The third kappa shape index (κ3) is 10.5. The third-order valence-electron chi connectivity index (χ3n) is 9.78. The summed E-state index contributed by atoms with van der Waals surface area (Å²) in [6.45, 7) is 2.64. The Hall–Kier alpha value is -4.58. The van der Waals surface area contributed by atoms with E-state index >= 15 is 0 Å². The van der Waals surface area contributed by atoms with Gasteiger partial charge < -0.3 is 36.1 Å². The number of nitrogens with zero attached hydrogens (tertiary/aromatic N) is 1. The summed E-state index contributed by atoms with van der Waals surface area (Å²) in [6, 6.07) is 31.4. The van der Waals surface area contributed by atoms with Crippen LogP contribution in [0.1, 0.15) is 79.6 Å². The molecule has 0 aromatic heterocycles. The number of nitrogen functional groups attached to an aromatic ring is 1. The van der Waals surface area contributed by atoms with Crippen LogP contribution in [0, 0.1) is 0 Å². The fourth-order valence-electron chi connectivity index (χ4n) is 6.89. The van der Waals surface area contributed by atoms with Crippen LogP contribution < -0.4 is 16.4 Å². The second-order valence-electron chi connectivity index (χ2n) is 13.9.